The smallest absolute Gasteiger partial charge is 0.0951 e. The summed E-state index contributed by atoms with van der Waals surface area (Å²) in [6, 6.07) is 0.756. The maximum Gasteiger partial charge on any atom is 0.0951 e. The topological polar surface area (TPSA) is 43.8 Å². The molecule has 1 atom stereocenters. The Balaban J connectivity index is 2.23. The normalized spacial score (nSPS) is 20.8. The third kappa shape index (κ3) is 1.61. The van der Waals surface area contributed by atoms with Gasteiger partial charge in [0.15, 0.2) is 0 Å². The van der Waals surface area contributed by atoms with Gasteiger partial charge in [-0.15, -0.1) is 0 Å². The molecule has 0 amide bonds. The van der Waals surface area contributed by atoms with E-state index in [0.29, 0.717) is 6.04 Å². The van der Waals surface area contributed by atoms with Crippen LogP contribution >= 0.6 is 0 Å². The van der Waals surface area contributed by atoms with Crippen molar-refractivity contribution in [1.29, 1.82) is 0 Å². The van der Waals surface area contributed by atoms with E-state index in [9.17, 15) is 0 Å². The minimum atomic E-state index is 0.100. The van der Waals surface area contributed by atoms with E-state index in [1.807, 2.05) is 19.4 Å². The molecular formula is C10H17N3. The molecular weight excluding hydrogens is 162 g/mol. The third-order valence-corrected chi connectivity index (χ3v) is 2.88. The summed E-state index contributed by atoms with van der Waals surface area (Å²) in [5.41, 5.74) is 7.04. The van der Waals surface area contributed by atoms with Gasteiger partial charge in [-0.1, -0.05) is 12.8 Å². The minimum absolute atomic E-state index is 0.100. The van der Waals surface area contributed by atoms with Crippen molar-refractivity contribution in [2.75, 3.05) is 0 Å². The van der Waals surface area contributed by atoms with E-state index in [0.717, 1.165) is 0 Å². The van der Waals surface area contributed by atoms with E-state index in [4.69, 9.17) is 5.73 Å². The lowest BCUT2D eigenvalue weighted by Gasteiger charge is -2.16. The van der Waals surface area contributed by atoms with Crippen molar-refractivity contribution in [3.63, 3.8) is 0 Å². The molecule has 2 rings (SSSR count). The number of imidazole rings is 1. The van der Waals surface area contributed by atoms with Crippen LogP contribution in [0.15, 0.2) is 12.5 Å². The predicted octanol–water partition coefficient (Wildman–Crippen LogP) is 2.02. The van der Waals surface area contributed by atoms with Gasteiger partial charge in [-0.2, -0.15) is 0 Å². The van der Waals surface area contributed by atoms with Gasteiger partial charge in [0.2, 0.25) is 0 Å². The van der Waals surface area contributed by atoms with Gasteiger partial charge in [0.05, 0.1) is 12.0 Å². The summed E-state index contributed by atoms with van der Waals surface area (Å²) in [7, 11) is 0. The molecule has 72 valence electrons. The summed E-state index contributed by atoms with van der Waals surface area (Å²) < 4.78 is 2.26. The Morgan fingerprint density at radius 1 is 1.54 bits per heavy atom. The van der Waals surface area contributed by atoms with Gasteiger partial charge >= 0.3 is 0 Å². The maximum absolute atomic E-state index is 5.87. The van der Waals surface area contributed by atoms with Crippen molar-refractivity contribution >= 4 is 0 Å². The summed E-state index contributed by atoms with van der Waals surface area (Å²) in [5, 5.41) is 0. The van der Waals surface area contributed by atoms with E-state index in [1.54, 1.807) is 0 Å². The molecule has 1 aliphatic rings. The fourth-order valence-electron chi connectivity index (χ4n) is 2.16. The number of nitrogens with two attached hydrogens (primary N) is 1. The first kappa shape index (κ1) is 8.75. The van der Waals surface area contributed by atoms with Crippen LogP contribution in [0.1, 0.15) is 50.4 Å². The summed E-state index contributed by atoms with van der Waals surface area (Å²) in [5.74, 6) is 0. The Morgan fingerprint density at radius 3 is 2.85 bits per heavy atom. The fourth-order valence-corrected chi connectivity index (χ4v) is 2.16. The molecule has 1 unspecified atom stereocenters. The van der Waals surface area contributed by atoms with Crippen molar-refractivity contribution in [3.8, 4) is 0 Å². The van der Waals surface area contributed by atoms with Gasteiger partial charge < -0.3 is 10.3 Å². The van der Waals surface area contributed by atoms with Crippen molar-refractivity contribution in [2.45, 2.75) is 44.7 Å². The Hall–Kier alpha value is -0.830. The molecule has 1 aromatic heterocycles. The SMILES string of the molecule is CC(N)c1cncn1C1CCCC1. The summed E-state index contributed by atoms with van der Waals surface area (Å²) in [6.45, 7) is 2.02. The third-order valence-electron chi connectivity index (χ3n) is 2.88. The number of rotatable bonds is 2. The standard InChI is InChI=1S/C10H17N3/c1-8(11)10-6-12-7-13(10)9-4-2-3-5-9/h6-9H,2-5,11H2,1H3. The molecule has 0 bridgehead atoms. The number of nitrogens with zero attached hydrogens (tertiary/aromatic N) is 2. The van der Waals surface area contributed by atoms with Crippen LogP contribution in [0, 0.1) is 0 Å². The lowest BCUT2D eigenvalue weighted by Crippen LogP contribution is -2.14. The van der Waals surface area contributed by atoms with E-state index >= 15 is 0 Å². The molecule has 3 heteroatoms. The first-order valence-electron chi connectivity index (χ1n) is 5.06. The fraction of sp³-hybridized carbons (Fsp3) is 0.700. The number of hydrogen-bond donors (Lipinski definition) is 1. The van der Waals surface area contributed by atoms with E-state index in [2.05, 4.69) is 9.55 Å². The van der Waals surface area contributed by atoms with Crippen LogP contribution in [-0.2, 0) is 0 Å². The van der Waals surface area contributed by atoms with Crippen LogP contribution in [0.25, 0.3) is 0 Å². The van der Waals surface area contributed by atoms with Crippen LogP contribution in [0.4, 0.5) is 0 Å². The van der Waals surface area contributed by atoms with Crippen molar-refractivity contribution in [2.24, 2.45) is 5.73 Å². The van der Waals surface area contributed by atoms with Gasteiger partial charge in [-0.25, -0.2) is 4.98 Å². The highest BCUT2D eigenvalue weighted by atomic mass is 15.1. The Morgan fingerprint density at radius 2 is 2.23 bits per heavy atom. The zero-order chi connectivity index (χ0) is 9.26. The Labute approximate surface area is 79.0 Å². The summed E-state index contributed by atoms with van der Waals surface area (Å²) in [6.07, 6.45) is 9.09. The highest BCUT2D eigenvalue weighted by molar-refractivity contribution is 5.05. The van der Waals surface area contributed by atoms with Gasteiger partial charge in [0, 0.05) is 18.3 Å². The van der Waals surface area contributed by atoms with Crippen molar-refractivity contribution in [3.05, 3.63) is 18.2 Å². The second-order valence-corrected chi connectivity index (χ2v) is 3.95. The molecule has 1 aliphatic carbocycles. The molecule has 13 heavy (non-hydrogen) atoms. The average molecular weight is 179 g/mol. The average Bonchev–Trinajstić information content (AvgIpc) is 2.74. The second kappa shape index (κ2) is 3.50. The maximum atomic E-state index is 5.87. The van der Waals surface area contributed by atoms with Crippen LogP contribution in [0.5, 0.6) is 0 Å². The number of hydrogen-bond acceptors (Lipinski definition) is 2. The van der Waals surface area contributed by atoms with Gasteiger partial charge in [0.1, 0.15) is 0 Å². The molecule has 1 aromatic rings. The molecule has 1 saturated carbocycles. The largest absolute Gasteiger partial charge is 0.330 e. The van der Waals surface area contributed by atoms with Gasteiger partial charge in [-0.05, 0) is 19.8 Å². The molecule has 2 N–H and O–H groups in total. The molecule has 0 spiro atoms. The predicted molar refractivity (Wildman–Crippen MR) is 52.3 cm³/mol. The van der Waals surface area contributed by atoms with Crippen LogP contribution in [0.3, 0.4) is 0 Å². The lowest BCUT2D eigenvalue weighted by atomic mass is 10.2. The number of aromatic nitrogens is 2. The molecule has 0 saturated heterocycles. The Bertz CT molecular complexity index is 271. The molecule has 1 heterocycles. The first-order valence-corrected chi connectivity index (χ1v) is 5.06. The van der Waals surface area contributed by atoms with E-state index < -0.39 is 0 Å². The summed E-state index contributed by atoms with van der Waals surface area (Å²) >= 11 is 0. The van der Waals surface area contributed by atoms with Gasteiger partial charge in [-0.3, -0.25) is 0 Å². The first-order chi connectivity index (χ1) is 6.29. The summed E-state index contributed by atoms with van der Waals surface area (Å²) in [4.78, 5) is 4.17. The lowest BCUT2D eigenvalue weighted by molar-refractivity contribution is 0.488. The molecule has 1 fully saturated rings. The van der Waals surface area contributed by atoms with E-state index in [1.165, 1.54) is 31.4 Å². The van der Waals surface area contributed by atoms with Crippen LogP contribution < -0.4 is 5.73 Å². The van der Waals surface area contributed by atoms with Crippen molar-refractivity contribution in [1.82, 2.24) is 9.55 Å². The molecule has 0 aromatic carbocycles. The molecule has 0 aliphatic heterocycles. The highest BCUT2D eigenvalue weighted by Crippen LogP contribution is 2.31. The van der Waals surface area contributed by atoms with Crippen LogP contribution in [0.2, 0.25) is 0 Å². The molecule has 3 nitrogen and oxygen atoms in total. The monoisotopic (exact) mass is 179 g/mol. The minimum Gasteiger partial charge on any atom is -0.330 e. The van der Waals surface area contributed by atoms with Crippen LogP contribution in [-0.4, -0.2) is 9.55 Å². The Kier molecular flexibility index (Phi) is 2.36. The highest BCUT2D eigenvalue weighted by Gasteiger charge is 2.19. The van der Waals surface area contributed by atoms with E-state index in [-0.39, 0.29) is 6.04 Å². The van der Waals surface area contributed by atoms with Gasteiger partial charge in [0.25, 0.3) is 0 Å². The zero-order valence-electron chi connectivity index (χ0n) is 8.11. The quantitative estimate of drug-likeness (QED) is 0.754. The second-order valence-electron chi connectivity index (χ2n) is 3.95. The van der Waals surface area contributed by atoms with Crippen molar-refractivity contribution < 1.29 is 0 Å². The zero-order valence-corrected chi connectivity index (χ0v) is 8.11. The molecule has 0 radical (unpaired) electrons.